The molecule has 1 saturated heterocycles. The summed E-state index contributed by atoms with van der Waals surface area (Å²) in [5.74, 6) is 0. The van der Waals surface area contributed by atoms with E-state index < -0.39 is 0 Å². The molecule has 2 amide bonds. The van der Waals surface area contributed by atoms with E-state index in [9.17, 15) is 4.79 Å². The first-order valence-corrected chi connectivity index (χ1v) is 6.53. The van der Waals surface area contributed by atoms with Crippen LogP contribution in [0.5, 0.6) is 0 Å². The minimum absolute atomic E-state index is 0.0341. The maximum atomic E-state index is 11.9. The Bertz CT molecular complexity index is 522. The van der Waals surface area contributed by atoms with E-state index in [1.54, 1.807) is 4.90 Å². The quantitative estimate of drug-likeness (QED) is 0.904. The van der Waals surface area contributed by atoms with Gasteiger partial charge in [-0.15, -0.1) is 0 Å². The Morgan fingerprint density at radius 3 is 2.58 bits per heavy atom. The van der Waals surface area contributed by atoms with Crippen molar-refractivity contribution in [3.8, 4) is 6.07 Å². The predicted octanol–water partition coefficient (Wildman–Crippen LogP) is 2.59. The summed E-state index contributed by atoms with van der Waals surface area (Å²) in [6.07, 6.45) is 0.381. The van der Waals surface area contributed by atoms with Gasteiger partial charge in [0.15, 0.2) is 0 Å². The number of carbonyl (C=O) groups is 1. The fourth-order valence-corrected chi connectivity index (χ4v) is 2.87. The van der Waals surface area contributed by atoms with E-state index in [0.29, 0.717) is 19.5 Å². The van der Waals surface area contributed by atoms with Crippen molar-refractivity contribution in [1.29, 1.82) is 5.26 Å². The van der Waals surface area contributed by atoms with Gasteiger partial charge in [0.25, 0.3) is 0 Å². The van der Waals surface area contributed by atoms with Crippen LogP contribution >= 0.6 is 0 Å². The fraction of sp³-hybridized carbons (Fsp3) is 0.467. The summed E-state index contributed by atoms with van der Waals surface area (Å²) in [7, 11) is 0. The Kier molecular flexibility index (Phi) is 3.75. The average Bonchev–Trinajstić information content (AvgIpc) is 2.66. The number of amides is 2. The van der Waals surface area contributed by atoms with E-state index in [1.807, 2.05) is 0 Å². The number of nitriles is 1. The van der Waals surface area contributed by atoms with Gasteiger partial charge in [-0.05, 0) is 37.5 Å². The maximum Gasteiger partial charge on any atom is 0.318 e. The molecular formula is C15H19N3O. The van der Waals surface area contributed by atoms with Gasteiger partial charge in [-0.3, -0.25) is 0 Å². The Morgan fingerprint density at radius 2 is 2.00 bits per heavy atom. The minimum atomic E-state index is -0.0698. The van der Waals surface area contributed by atoms with Crippen LogP contribution in [0.3, 0.4) is 0 Å². The van der Waals surface area contributed by atoms with Gasteiger partial charge in [0.05, 0.1) is 18.5 Å². The summed E-state index contributed by atoms with van der Waals surface area (Å²) >= 11 is 0. The van der Waals surface area contributed by atoms with Gasteiger partial charge in [-0.1, -0.05) is 17.7 Å². The van der Waals surface area contributed by atoms with Gasteiger partial charge in [0.2, 0.25) is 0 Å². The first-order valence-electron chi connectivity index (χ1n) is 6.53. The molecule has 1 unspecified atom stereocenters. The van der Waals surface area contributed by atoms with Crippen LogP contribution in [0.4, 0.5) is 4.79 Å². The summed E-state index contributed by atoms with van der Waals surface area (Å²) < 4.78 is 0. The Balaban J connectivity index is 2.21. The standard InChI is InChI=1S/C15H19N3O/c1-10-7-11(2)14(12(3)8-10)13-9-18(6-4-5-16)15(19)17-13/h7-8,13H,4,6,9H2,1-3H3,(H,17,19). The smallest absolute Gasteiger partial charge is 0.318 e. The van der Waals surface area contributed by atoms with Gasteiger partial charge in [-0.2, -0.15) is 5.26 Å². The molecule has 1 aromatic carbocycles. The molecule has 100 valence electrons. The lowest BCUT2D eigenvalue weighted by atomic mass is 9.94. The second-order valence-electron chi connectivity index (χ2n) is 5.17. The lowest BCUT2D eigenvalue weighted by molar-refractivity contribution is 0.218. The van der Waals surface area contributed by atoms with Crippen molar-refractivity contribution in [1.82, 2.24) is 10.2 Å². The molecule has 1 fully saturated rings. The van der Waals surface area contributed by atoms with E-state index in [0.717, 1.165) is 0 Å². The van der Waals surface area contributed by atoms with Gasteiger partial charge in [0, 0.05) is 13.1 Å². The van der Waals surface area contributed by atoms with E-state index in [1.165, 1.54) is 22.3 Å². The third-order valence-corrected chi connectivity index (χ3v) is 3.57. The third-order valence-electron chi connectivity index (χ3n) is 3.57. The molecule has 1 N–H and O–H groups in total. The van der Waals surface area contributed by atoms with Crippen LogP contribution in [-0.2, 0) is 0 Å². The van der Waals surface area contributed by atoms with Gasteiger partial charge >= 0.3 is 6.03 Å². The van der Waals surface area contributed by atoms with E-state index in [-0.39, 0.29) is 12.1 Å². The molecule has 1 atom stereocenters. The lowest BCUT2D eigenvalue weighted by Gasteiger charge is -2.17. The van der Waals surface area contributed by atoms with Crippen molar-refractivity contribution in [2.45, 2.75) is 33.2 Å². The average molecular weight is 257 g/mol. The molecule has 0 aromatic heterocycles. The Hall–Kier alpha value is -2.02. The molecule has 0 bridgehead atoms. The first kappa shape index (κ1) is 13.4. The van der Waals surface area contributed by atoms with Crippen molar-refractivity contribution in [2.24, 2.45) is 0 Å². The molecule has 19 heavy (non-hydrogen) atoms. The summed E-state index contributed by atoms with van der Waals surface area (Å²) in [6.45, 7) is 7.39. The minimum Gasteiger partial charge on any atom is -0.329 e. The zero-order valence-electron chi connectivity index (χ0n) is 11.7. The highest BCUT2D eigenvalue weighted by molar-refractivity contribution is 5.77. The first-order chi connectivity index (χ1) is 9.02. The molecule has 0 aliphatic carbocycles. The van der Waals surface area contributed by atoms with Crippen LogP contribution in [0.25, 0.3) is 0 Å². The van der Waals surface area contributed by atoms with E-state index in [4.69, 9.17) is 5.26 Å². The monoisotopic (exact) mass is 257 g/mol. The highest BCUT2D eigenvalue weighted by Crippen LogP contribution is 2.27. The summed E-state index contributed by atoms with van der Waals surface area (Å²) in [4.78, 5) is 13.6. The van der Waals surface area contributed by atoms with E-state index in [2.05, 4.69) is 44.3 Å². The molecule has 1 heterocycles. The molecule has 0 saturated carbocycles. The fourth-order valence-electron chi connectivity index (χ4n) is 2.87. The van der Waals surface area contributed by atoms with Crippen LogP contribution in [0.2, 0.25) is 0 Å². The van der Waals surface area contributed by atoms with Crippen molar-refractivity contribution in [3.05, 3.63) is 34.4 Å². The maximum absolute atomic E-state index is 11.9. The number of carbonyl (C=O) groups excluding carboxylic acids is 1. The van der Waals surface area contributed by atoms with Crippen LogP contribution in [0.15, 0.2) is 12.1 Å². The SMILES string of the molecule is Cc1cc(C)c(C2CN(CCC#N)C(=O)N2)c(C)c1. The number of benzene rings is 1. The molecule has 2 rings (SSSR count). The van der Waals surface area contributed by atoms with Gasteiger partial charge in [0.1, 0.15) is 0 Å². The summed E-state index contributed by atoms with van der Waals surface area (Å²) in [5.41, 5.74) is 4.87. The van der Waals surface area contributed by atoms with Crippen molar-refractivity contribution in [2.75, 3.05) is 13.1 Å². The van der Waals surface area contributed by atoms with Crippen LogP contribution in [0, 0.1) is 32.1 Å². The number of aryl methyl sites for hydroxylation is 3. The van der Waals surface area contributed by atoms with Crippen molar-refractivity contribution in [3.63, 3.8) is 0 Å². The normalized spacial score (nSPS) is 18.3. The van der Waals surface area contributed by atoms with E-state index >= 15 is 0 Å². The predicted molar refractivity (Wildman–Crippen MR) is 73.7 cm³/mol. The Morgan fingerprint density at radius 1 is 1.37 bits per heavy atom. The zero-order chi connectivity index (χ0) is 14.0. The van der Waals surface area contributed by atoms with Gasteiger partial charge in [-0.25, -0.2) is 4.79 Å². The highest BCUT2D eigenvalue weighted by Gasteiger charge is 2.30. The Labute approximate surface area is 114 Å². The van der Waals surface area contributed by atoms with Crippen LogP contribution in [0.1, 0.15) is 34.7 Å². The number of urea groups is 1. The van der Waals surface area contributed by atoms with Crippen molar-refractivity contribution < 1.29 is 4.79 Å². The number of hydrogen-bond acceptors (Lipinski definition) is 2. The van der Waals surface area contributed by atoms with Crippen LogP contribution < -0.4 is 5.32 Å². The number of nitrogens with one attached hydrogen (secondary N) is 1. The third kappa shape index (κ3) is 2.70. The molecule has 4 heteroatoms. The molecule has 4 nitrogen and oxygen atoms in total. The largest absolute Gasteiger partial charge is 0.329 e. The molecule has 0 radical (unpaired) electrons. The molecule has 0 spiro atoms. The molecule has 1 aromatic rings. The van der Waals surface area contributed by atoms with Crippen LogP contribution in [-0.4, -0.2) is 24.0 Å². The van der Waals surface area contributed by atoms with Gasteiger partial charge < -0.3 is 10.2 Å². The topological polar surface area (TPSA) is 56.1 Å². The lowest BCUT2D eigenvalue weighted by Crippen LogP contribution is -2.28. The number of rotatable bonds is 3. The summed E-state index contributed by atoms with van der Waals surface area (Å²) in [6, 6.07) is 6.33. The molecule has 1 aliphatic rings. The summed E-state index contributed by atoms with van der Waals surface area (Å²) in [5, 5.41) is 11.6. The number of hydrogen-bond donors (Lipinski definition) is 1. The second kappa shape index (κ2) is 5.31. The molecule has 1 aliphatic heterocycles. The second-order valence-corrected chi connectivity index (χ2v) is 5.17. The highest BCUT2D eigenvalue weighted by atomic mass is 16.2. The number of nitrogens with zero attached hydrogens (tertiary/aromatic N) is 2. The van der Waals surface area contributed by atoms with Crippen molar-refractivity contribution >= 4 is 6.03 Å². The molecular weight excluding hydrogens is 238 g/mol. The zero-order valence-corrected chi connectivity index (χ0v) is 11.7.